The summed E-state index contributed by atoms with van der Waals surface area (Å²) < 4.78 is 2.14. The highest BCUT2D eigenvalue weighted by molar-refractivity contribution is 5.87. The molecule has 0 aliphatic carbocycles. The SMILES string of the molecule is CCn1c(CCNC(=O)[C@H]2C[C@@H](O)CN2C(C)=O)nc2ccccc21. The van der Waals surface area contributed by atoms with Gasteiger partial charge in [-0.15, -0.1) is 0 Å². The van der Waals surface area contributed by atoms with Crippen LogP contribution in [0.2, 0.25) is 0 Å². The molecule has 7 heteroatoms. The number of aliphatic hydroxyl groups is 1. The van der Waals surface area contributed by atoms with E-state index in [0.29, 0.717) is 19.4 Å². The average Bonchev–Trinajstić information content (AvgIpc) is 3.14. The van der Waals surface area contributed by atoms with Gasteiger partial charge in [-0.2, -0.15) is 0 Å². The Bertz CT molecular complexity index is 786. The van der Waals surface area contributed by atoms with Crippen molar-refractivity contribution in [3.05, 3.63) is 30.1 Å². The first-order valence-corrected chi connectivity index (χ1v) is 8.68. The van der Waals surface area contributed by atoms with E-state index in [-0.39, 0.29) is 18.4 Å². The number of likely N-dealkylation sites (tertiary alicyclic amines) is 1. The molecule has 1 aromatic carbocycles. The van der Waals surface area contributed by atoms with Gasteiger partial charge in [-0.3, -0.25) is 9.59 Å². The van der Waals surface area contributed by atoms with Crippen LogP contribution in [-0.4, -0.2) is 56.6 Å². The lowest BCUT2D eigenvalue weighted by Gasteiger charge is -2.22. The molecule has 0 spiro atoms. The van der Waals surface area contributed by atoms with Gasteiger partial charge >= 0.3 is 0 Å². The first-order chi connectivity index (χ1) is 12.0. The number of nitrogens with zero attached hydrogens (tertiary/aromatic N) is 3. The number of hydrogen-bond donors (Lipinski definition) is 2. The van der Waals surface area contributed by atoms with Gasteiger partial charge in [0.15, 0.2) is 0 Å². The van der Waals surface area contributed by atoms with Crippen LogP contribution in [0, 0.1) is 0 Å². The highest BCUT2D eigenvalue weighted by Crippen LogP contribution is 2.19. The molecule has 2 N–H and O–H groups in total. The number of aromatic nitrogens is 2. The van der Waals surface area contributed by atoms with Crippen LogP contribution < -0.4 is 5.32 Å². The minimum Gasteiger partial charge on any atom is -0.391 e. The molecule has 1 aliphatic rings. The maximum Gasteiger partial charge on any atom is 0.242 e. The molecule has 0 saturated carbocycles. The third-order valence-corrected chi connectivity index (χ3v) is 4.68. The van der Waals surface area contributed by atoms with E-state index in [9.17, 15) is 14.7 Å². The molecule has 0 bridgehead atoms. The molecule has 2 heterocycles. The molecule has 0 unspecified atom stereocenters. The third-order valence-electron chi connectivity index (χ3n) is 4.68. The number of β-amino-alcohol motifs (C(OH)–C–C–N with tert-alkyl or cyclic N) is 1. The van der Waals surface area contributed by atoms with Crippen LogP contribution >= 0.6 is 0 Å². The zero-order valence-electron chi connectivity index (χ0n) is 14.6. The molecule has 25 heavy (non-hydrogen) atoms. The molecular formula is C18H24N4O3. The number of rotatable bonds is 5. The number of nitrogens with one attached hydrogen (secondary N) is 1. The van der Waals surface area contributed by atoms with Crippen LogP contribution in [0.5, 0.6) is 0 Å². The molecule has 7 nitrogen and oxygen atoms in total. The predicted octanol–water partition coefficient (Wildman–Crippen LogP) is 0.697. The topological polar surface area (TPSA) is 87.5 Å². The van der Waals surface area contributed by atoms with Crippen molar-refractivity contribution in [1.29, 1.82) is 0 Å². The minimum atomic E-state index is -0.635. The van der Waals surface area contributed by atoms with Crippen molar-refractivity contribution in [2.45, 2.75) is 45.4 Å². The van der Waals surface area contributed by atoms with Gasteiger partial charge in [0.05, 0.1) is 17.1 Å². The van der Waals surface area contributed by atoms with Crippen molar-refractivity contribution < 1.29 is 14.7 Å². The quantitative estimate of drug-likeness (QED) is 0.836. The van der Waals surface area contributed by atoms with E-state index < -0.39 is 12.1 Å². The average molecular weight is 344 g/mol. The Morgan fingerprint density at radius 2 is 2.12 bits per heavy atom. The molecular weight excluding hydrogens is 320 g/mol. The summed E-state index contributed by atoms with van der Waals surface area (Å²) in [6, 6.07) is 7.39. The lowest BCUT2D eigenvalue weighted by molar-refractivity contribution is -0.136. The highest BCUT2D eigenvalue weighted by atomic mass is 16.3. The van der Waals surface area contributed by atoms with Crippen LogP contribution in [0.15, 0.2) is 24.3 Å². The number of carbonyl (C=O) groups is 2. The summed E-state index contributed by atoms with van der Waals surface area (Å²) in [5.41, 5.74) is 2.04. The fraction of sp³-hybridized carbons (Fsp3) is 0.500. The number of aliphatic hydroxyl groups excluding tert-OH is 1. The van der Waals surface area contributed by atoms with E-state index in [0.717, 1.165) is 23.4 Å². The minimum absolute atomic E-state index is 0.190. The van der Waals surface area contributed by atoms with Crippen LogP contribution in [0.1, 0.15) is 26.1 Å². The number of imidazole rings is 1. The lowest BCUT2D eigenvalue weighted by Crippen LogP contribution is -2.45. The summed E-state index contributed by atoms with van der Waals surface area (Å²) in [5, 5.41) is 12.6. The molecule has 2 amide bonds. The number of para-hydroxylation sites is 2. The second kappa shape index (κ2) is 7.23. The summed E-state index contributed by atoms with van der Waals surface area (Å²) in [6.45, 7) is 4.97. The van der Waals surface area contributed by atoms with E-state index in [4.69, 9.17) is 0 Å². The smallest absolute Gasteiger partial charge is 0.242 e. The fourth-order valence-electron chi connectivity index (χ4n) is 3.49. The number of aryl methyl sites for hydroxylation is 1. The Morgan fingerprint density at radius 3 is 2.84 bits per heavy atom. The first-order valence-electron chi connectivity index (χ1n) is 8.68. The van der Waals surface area contributed by atoms with Gasteiger partial charge in [0.2, 0.25) is 11.8 Å². The monoisotopic (exact) mass is 344 g/mol. The zero-order valence-corrected chi connectivity index (χ0v) is 14.6. The van der Waals surface area contributed by atoms with Crippen molar-refractivity contribution >= 4 is 22.8 Å². The van der Waals surface area contributed by atoms with E-state index in [2.05, 4.69) is 21.8 Å². The molecule has 1 fully saturated rings. The number of benzene rings is 1. The Morgan fingerprint density at radius 1 is 1.36 bits per heavy atom. The number of carbonyl (C=O) groups excluding carboxylic acids is 2. The summed E-state index contributed by atoms with van der Waals surface area (Å²) in [5.74, 6) is 0.522. The summed E-state index contributed by atoms with van der Waals surface area (Å²) in [7, 11) is 0. The standard InChI is InChI=1S/C18H24N4O3/c1-3-21-15-7-5-4-6-14(15)20-17(21)8-9-19-18(25)16-10-13(24)11-22(16)12(2)23/h4-7,13,16,24H,3,8-11H2,1-2H3,(H,19,25)/t13-,16-/m1/s1. The molecule has 2 aromatic rings. The summed E-state index contributed by atoms with van der Waals surface area (Å²) in [6.07, 6.45) is 0.270. The largest absolute Gasteiger partial charge is 0.391 e. The van der Waals surface area contributed by atoms with Gasteiger partial charge < -0.3 is 19.9 Å². The second-order valence-corrected chi connectivity index (χ2v) is 6.38. The van der Waals surface area contributed by atoms with Crippen LogP contribution in [-0.2, 0) is 22.6 Å². The molecule has 0 radical (unpaired) electrons. The van der Waals surface area contributed by atoms with Crippen LogP contribution in [0.3, 0.4) is 0 Å². The maximum atomic E-state index is 12.4. The molecule has 1 aliphatic heterocycles. The fourth-order valence-corrected chi connectivity index (χ4v) is 3.49. The second-order valence-electron chi connectivity index (χ2n) is 6.38. The van der Waals surface area contributed by atoms with E-state index >= 15 is 0 Å². The normalized spacial score (nSPS) is 20.2. The summed E-state index contributed by atoms with van der Waals surface area (Å²) >= 11 is 0. The van der Waals surface area contributed by atoms with Gasteiger partial charge in [-0.25, -0.2) is 4.98 Å². The Labute approximate surface area is 146 Å². The third kappa shape index (κ3) is 3.51. The number of amides is 2. The van der Waals surface area contributed by atoms with Gasteiger partial charge in [0, 0.05) is 39.4 Å². The van der Waals surface area contributed by atoms with Crippen molar-refractivity contribution in [3.8, 4) is 0 Å². The summed E-state index contributed by atoms with van der Waals surface area (Å²) in [4.78, 5) is 30.1. The predicted molar refractivity (Wildman–Crippen MR) is 93.9 cm³/mol. The molecule has 3 rings (SSSR count). The van der Waals surface area contributed by atoms with Crippen LogP contribution in [0.4, 0.5) is 0 Å². The first kappa shape index (κ1) is 17.4. The van der Waals surface area contributed by atoms with Gasteiger partial charge in [0.1, 0.15) is 11.9 Å². The molecule has 1 aromatic heterocycles. The van der Waals surface area contributed by atoms with E-state index in [1.54, 1.807) is 0 Å². The van der Waals surface area contributed by atoms with Crippen molar-refractivity contribution in [2.24, 2.45) is 0 Å². The zero-order chi connectivity index (χ0) is 18.0. The van der Waals surface area contributed by atoms with Gasteiger partial charge in [0.25, 0.3) is 0 Å². The molecule has 134 valence electrons. The van der Waals surface area contributed by atoms with E-state index in [1.165, 1.54) is 11.8 Å². The molecule has 2 atom stereocenters. The highest BCUT2D eigenvalue weighted by Gasteiger charge is 2.37. The lowest BCUT2D eigenvalue weighted by atomic mass is 10.2. The Kier molecular flexibility index (Phi) is 5.03. The van der Waals surface area contributed by atoms with E-state index in [1.807, 2.05) is 24.3 Å². The Balaban J connectivity index is 1.63. The maximum absolute atomic E-state index is 12.4. The number of fused-ring (bicyclic) bond motifs is 1. The molecule has 1 saturated heterocycles. The van der Waals surface area contributed by atoms with Crippen molar-refractivity contribution in [3.63, 3.8) is 0 Å². The van der Waals surface area contributed by atoms with Crippen LogP contribution in [0.25, 0.3) is 11.0 Å². The number of hydrogen-bond acceptors (Lipinski definition) is 4. The van der Waals surface area contributed by atoms with Crippen molar-refractivity contribution in [1.82, 2.24) is 19.8 Å². The van der Waals surface area contributed by atoms with Crippen molar-refractivity contribution in [2.75, 3.05) is 13.1 Å². The van der Waals surface area contributed by atoms with Gasteiger partial charge in [-0.1, -0.05) is 12.1 Å². The van der Waals surface area contributed by atoms with Gasteiger partial charge in [-0.05, 0) is 19.1 Å². The Hall–Kier alpha value is -2.41.